The number of hydrogen-bond acceptors (Lipinski definition) is 5. The van der Waals surface area contributed by atoms with E-state index in [1.54, 1.807) is 30.3 Å². The van der Waals surface area contributed by atoms with Crippen LogP contribution in [0.5, 0.6) is 5.75 Å². The lowest BCUT2D eigenvalue weighted by Crippen LogP contribution is -2.34. The molecule has 1 aliphatic heterocycles. The Hall–Kier alpha value is -2.86. The van der Waals surface area contributed by atoms with Crippen molar-refractivity contribution in [3.8, 4) is 5.75 Å². The number of imide groups is 1. The summed E-state index contributed by atoms with van der Waals surface area (Å²) in [4.78, 5) is 41.0. The summed E-state index contributed by atoms with van der Waals surface area (Å²) in [6, 6.07) is 11.3. The molecule has 25 heavy (non-hydrogen) atoms. The van der Waals surface area contributed by atoms with E-state index in [2.05, 4.69) is 0 Å². The van der Waals surface area contributed by atoms with Crippen LogP contribution in [0.15, 0.2) is 42.5 Å². The summed E-state index contributed by atoms with van der Waals surface area (Å²) in [5.41, 5.74) is 1.28. The largest absolute Gasteiger partial charge is 0.482 e. The van der Waals surface area contributed by atoms with Crippen molar-refractivity contribution in [1.82, 2.24) is 5.06 Å². The van der Waals surface area contributed by atoms with Crippen molar-refractivity contribution < 1.29 is 24.0 Å². The van der Waals surface area contributed by atoms with Crippen LogP contribution in [0, 0.1) is 0 Å². The summed E-state index contributed by atoms with van der Waals surface area (Å²) in [5.74, 6) is -1.76. The maximum Gasteiger partial charge on any atom is 0.370 e. The van der Waals surface area contributed by atoms with E-state index in [4.69, 9.17) is 21.2 Å². The van der Waals surface area contributed by atoms with Crippen molar-refractivity contribution in [3.05, 3.63) is 64.2 Å². The average molecular weight is 360 g/mol. The number of halogens is 1. The molecule has 0 bridgehead atoms. The third kappa shape index (κ3) is 3.34. The minimum absolute atomic E-state index is 0.200. The van der Waals surface area contributed by atoms with Crippen molar-refractivity contribution in [1.29, 1.82) is 0 Å². The van der Waals surface area contributed by atoms with E-state index in [0.717, 1.165) is 12.0 Å². The maximum absolute atomic E-state index is 12.1. The van der Waals surface area contributed by atoms with Crippen LogP contribution in [0.1, 0.15) is 33.2 Å². The second kappa shape index (κ2) is 6.94. The molecule has 1 aliphatic rings. The molecule has 6 nitrogen and oxygen atoms in total. The minimum atomic E-state index is -0.859. The highest BCUT2D eigenvalue weighted by Crippen LogP contribution is 2.24. The number of carbonyl (C=O) groups excluding carboxylic acids is 3. The van der Waals surface area contributed by atoms with Gasteiger partial charge in [0.25, 0.3) is 11.8 Å². The maximum atomic E-state index is 12.1. The Kier molecular flexibility index (Phi) is 4.72. The molecule has 3 rings (SSSR count). The minimum Gasteiger partial charge on any atom is -0.482 e. The summed E-state index contributed by atoms with van der Waals surface area (Å²) >= 11 is 6.02. The normalized spacial score (nSPS) is 13.0. The zero-order valence-electron chi connectivity index (χ0n) is 13.3. The second-order valence-electron chi connectivity index (χ2n) is 5.31. The number of carbonyl (C=O) groups is 3. The van der Waals surface area contributed by atoms with E-state index in [9.17, 15) is 14.4 Å². The van der Waals surface area contributed by atoms with Gasteiger partial charge < -0.3 is 9.57 Å². The Morgan fingerprint density at radius 2 is 1.72 bits per heavy atom. The monoisotopic (exact) mass is 359 g/mol. The predicted molar refractivity (Wildman–Crippen MR) is 89.4 cm³/mol. The van der Waals surface area contributed by atoms with Gasteiger partial charge in [0.15, 0.2) is 6.61 Å². The Balaban J connectivity index is 1.62. The molecule has 2 amide bonds. The van der Waals surface area contributed by atoms with E-state index >= 15 is 0 Å². The molecule has 0 radical (unpaired) electrons. The fourth-order valence-corrected chi connectivity index (χ4v) is 2.68. The van der Waals surface area contributed by atoms with Crippen molar-refractivity contribution >= 4 is 29.4 Å². The summed E-state index contributed by atoms with van der Waals surface area (Å²) in [6.07, 6.45) is 0.718. The Morgan fingerprint density at radius 1 is 1.08 bits per heavy atom. The molecule has 1 heterocycles. The Morgan fingerprint density at radius 3 is 2.32 bits per heavy atom. The van der Waals surface area contributed by atoms with Gasteiger partial charge in [0, 0.05) is 5.02 Å². The van der Waals surface area contributed by atoms with Gasteiger partial charge in [0.1, 0.15) is 5.75 Å². The van der Waals surface area contributed by atoms with Gasteiger partial charge in [0.05, 0.1) is 11.1 Å². The first-order chi connectivity index (χ1) is 12.0. The number of aryl methyl sites for hydroxylation is 1. The lowest BCUT2D eigenvalue weighted by atomic mass is 10.1. The SMILES string of the molecule is CCc1cc(OCC(=O)ON2C(=O)c3ccccc3C2=O)ccc1Cl. The summed E-state index contributed by atoms with van der Waals surface area (Å²) in [7, 11) is 0. The van der Waals surface area contributed by atoms with E-state index in [-0.39, 0.29) is 11.1 Å². The number of fused-ring (bicyclic) bond motifs is 1. The predicted octanol–water partition coefficient (Wildman–Crippen LogP) is 3.04. The van der Waals surface area contributed by atoms with Crippen molar-refractivity contribution in [2.24, 2.45) is 0 Å². The molecule has 0 unspecified atom stereocenters. The van der Waals surface area contributed by atoms with Crippen LogP contribution in [0.3, 0.4) is 0 Å². The molecule has 7 heteroatoms. The number of rotatable bonds is 5. The Labute approximate surface area is 148 Å². The highest BCUT2D eigenvalue weighted by atomic mass is 35.5. The summed E-state index contributed by atoms with van der Waals surface area (Å²) in [6.45, 7) is 1.50. The average Bonchev–Trinajstić information content (AvgIpc) is 2.86. The molecule has 0 saturated carbocycles. The van der Waals surface area contributed by atoms with Gasteiger partial charge >= 0.3 is 5.97 Å². The number of ether oxygens (including phenoxy) is 1. The first kappa shape index (κ1) is 17.0. The lowest BCUT2D eigenvalue weighted by molar-refractivity contribution is -0.170. The zero-order chi connectivity index (χ0) is 18.0. The van der Waals surface area contributed by atoms with E-state index in [1.165, 1.54) is 12.1 Å². The summed E-state index contributed by atoms with van der Waals surface area (Å²) < 4.78 is 5.34. The standard InChI is InChI=1S/C18H14ClNO5/c1-2-11-9-12(7-8-15(11)19)24-10-16(21)25-20-17(22)13-5-3-4-6-14(13)18(20)23/h3-9H,2,10H2,1H3. The highest BCUT2D eigenvalue weighted by Gasteiger charge is 2.38. The number of hydroxylamine groups is 2. The van der Waals surface area contributed by atoms with E-state index in [0.29, 0.717) is 15.8 Å². The second-order valence-corrected chi connectivity index (χ2v) is 5.72. The van der Waals surface area contributed by atoms with Crippen LogP contribution in [0.2, 0.25) is 5.02 Å². The number of amides is 2. The first-order valence-corrected chi connectivity index (χ1v) is 7.99. The van der Waals surface area contributed by atoms with Gasteiger partial charge in [-0.25, -0.2) is 4.79 Å². The van der Waals surface area contributed by atoms with Crippen LogP contribution in [-0.4, -0.2) is 29.5 Å². The molecule has 2 aromatic rings. The van der Waals surface area contributed by atoms with Crippen LogP contribution in [-0.2, 0) is 16.1 Å². The van der Waals surface area contributed by atoms with Gasteiger partial charge in [-0.15, -0.1) is 0 Å². The van der Waals surface area contributed by atoms with Crippen molar-refractivity contribution in [3.63, 3.8) is 0 Å². The topological polar surface area (TPSA) is 72.9 Å². The first-order valence-electron chi connectivity index (χ1n) is 7.61. The molecule has 0 aliphatic carbocycles. The fourth-order valence-electron chi connectivity index (χ4n) is 2.43. The fraction of sp³-hybridized carbons (Fsp3) is 0.167. The Bertz CT molecular complexity index is 829. The number of hydrogen-bond donors (Lipinski definition) is 0. The van der Waals surface area contributed by atoms with Gasteiger partial charge in [-0.3, -0.25) is 9.59 Å². The van der Waals surface area contributed by atoms with Crippen LogP contribution < -0.4 is 4.74 Å². The lowest BCUT2D eigenvalue weighted by Gasteiger charge is -2.13. The van der Waals surface area contributed by atoms with E-state index in [1.807, 2.05) is 6.92 Å². The van der Waals surface area contributed by atoms with Crippen LogP contribution >= 0.6 is 11.6 Å². The molecule has 0 saturated heterocycles. The van der Waals surface area contributed by atoms with E-state index < -0.39 is 24.4 Å². The zero-order valence-corrected chi connectivity index (χ0v) is 14.1. The number of nitrogens with zero attached hydrogens (tertiary/aromatic N) is 1. The van der Waals surface area contributed by atoms with Gasteiger partial charge in [-0.05, 0) is 42.3 Å². The molecule has 128 valence electrons. The summed E-state index contributed by atoms with van der Waals surface area (Å²) in [5, 5.41) is 1.07. The highest BCUT2D eigenvalue weighted by molar-refractivity contribution is 6.31. The quantitative estimate of drug-likeness (QED) is 0.767. The molecule has 0 aromatic heterocycles. The van der Waals surface area contributed by atoms with Crippen LogP contribution in [0.4, 0.5) is 0 Å². The molecule has 0 N–H and O–H groups in total. The van der Waals surface area contributed by atoms with Gasteiger partial charge in [-0.1, -0.05) is 35.7 Å². The van der Waals surface area contributed by atoms with Crippen molar-refractivity contribution in [2.45, 2.75) is 13.3 Å². The smallest absolute Gasteiger partial charge is 0.370 e. The van der Waals surface area contributed by atoms with Gasteiger partial charge in [-0.2, -0.15) is 0 Å². The molecular weight excluding hydrogens is 346 g/mol. The third-order valence-corrected chi connectivity index (χ3v) is 4.07. The number of benzene rings is 2. The molecule has 2 aromatic carbocycles. The molecule has 0 atom stereocenters. The van der Waals surface area contributed by atoms with Crippen molar-refractivity contribution in [2.75, 3.05) is 6.61 Å². The molecular formula is C18H14ClNO5. The van der Waals surface area contributed by atoms with Crippen LogP contribution in [0.25, 0.3) is 0 Å². The third-order valence-electron chi connectivity index (χ3n) is 3.70. The molecule has 0 fully saturated rings. The van der Waals surface area contributed by atoms with Gasteiger partial charge in [0.2, 0.25) is 0 Å². The molecule has 0 spiro atoms.